The van der Waals surface area contributed by atoms with E-state index in [4.69, 9.17) is 11.6 Å². The molecule has 0 aliphatic carbocycles. The number of rotatable bonds is 4. The Hall–Kier alpha value is -0.500. The van der Waals surface area contributed by atoms with Gasteiger partial charge in [0.05, 0.1) is 0 Å². The highest BCUT2D eigenvalue weighted by Gasteiger charge is 2.04. The van der Waals surface area contributed by atoms with E-state index in [0.29, 0.717) is 5.88 Å². The maximum absolute atomic E-state index is 10.7. The molecular formula is C7H12ClNO. The zero-order chi connectivity index (χ0) is 7.98. The largest absolute Gasteiger partial charge is 0.349 e. The summed E-state index contributed by atoms with van der Waals surface area (Å²) in [6, 6.07) is 0.0761. The fourth-order valence-corrected chi connectivity index (χ4v) is 0.805. The van der Waals surface area contributed by atoms with Gasteiger partial charge in [-0.05, 0) is 12.5 Å². The molecule has 0 aromatic rings. The summed E-state index contributed by atoms with van der Waals surface area (Å²) in [6.45, 7) is 5.30. The smallest absolute Gasteiger partial charge is 0.243 e. The van der Waals surface area contributed by atoms with Crippen LogP contribution in [0.5, 0.6) is 0 Å². The van der Waals surface area contributed by atoms with Gasteiger partial charge < -0.3 is 5.32 Å². The van der Waals surface area contributed by atoms with Crippen molar-refractivity contribution in [2.45, 2.75) is 19.4 Å². The van der Waals surface area contributed by atoms with E-state index in [1.165, 1.54) is 6.08 Å². The van der Waals surface area contributed by atoms with Gasteiger partial charge in [-0.15, -0.1) is 11.6 Å². The first kappa shape index (κ1) is 9.50. The summed E-state index contributed by atoms with van der Waals surface area (Å²) in [5, 5.41) is 2.68. The molecule has 0 fully saturated rings. The molecule has 0 saturated heterocycles. The second-order valence-corrected chi connectivity index (χ2v) is 2.28. The molecule has 0 radical (unpaired) electrons. The Morgan fingerprint density at radius 1 is 1.90 bits per heavy atom. The molecule has 3 heteroatoms. The van der Waals surface area contributed by atoms with Crippen LogP contribution < -0.4 is 5.32 Å². The molecule has 0 aromatic carbocycles. The van der Waals surface area contributed by atoms with Crippen LogP contribution in [-0.2, 0) is 4.79 Å². The maximum atomic E-state index is 10.7. The summed E-state index contributed by atoms with van der Waals surface area (Å²) in [4.78, 5) is 10.7. The van der Waals surface area contributed by atoms with Crippen LogP contribution >= 0.6 is 11.6 Å². The van der Waals surface area contributed by atoms with E-state index in [2.05, 4.69) is 11.9 Å². The average Bonchev–Trinajstić information content (AvgIpc) is 1.99. The number of hydrogen-bond acceptors (Lipinski definition) is 1. The van der Waals surface area contributed by atoms with Gasteiger partial charge in [-0.2, -0.15) is 0 Å². The second-order valence-electron chi connectivity index (χ2n) is 1.97. The predicted octanol–water partition coefficient (Wildman–Crippen LogP) is 1.31. The van der Waals surface area contributed by atoms with Crippen molar-refractivity contribution < 1.29 is 4.79 Å². The van der Waals surface area contributed by atoms with Crippen LogP contribution in [0.3, 0.4) is 0 Å². The van der Waals surface area contributed by atoms with Crippen molar-refractivity contribution in [2.24, 2.45) is 0 Å². The third-order valence-electron chi connectivity index (χ3n) is 1.21. The minimum absolute atomic E-state index is 0.0761. The number of amides is 1. The summed E-state index contributed by atoms with van der Waals surface area (Å²) < 4.78 is 0. The molecule has 0 aromatic heterocycles. The van der Waals surface area contributed by atoms with Crippen LogP contribution in [0.2, 0.25) is 0 Å². The first-order valence-corrected chi connectivity index (χ1v) is 3.77. The Morgan fingerprint density at radius 3 is 2.80 bits per heavy atom. The normalized spacial score (nSPS) is 12.2. The van der Waals surface area contributed by atoms with E-state index in [0.717, 1.165) is 6.42 Å². The molecular weight excluding hydrogens is 150 g/mol. The molecule has 2 nitrogen and oxygen atoms in total. The molecule has 0 heterocycles. The number of hydrogen-bond donors (Lipinski definition) is 1. The molecule has 1 N–H and O–H groups in total. The van der Waals surface area contributed by atoms with Gasteiger partial charge in [0.25, 0.3) is 0 Å². The first-order chi connectivity index (χ1) is 4.74. The van der Waals surface area contributed by atoms with Crippen LogP contribution in [0.15, 0.2) is 12.7 Å². The Kier molecular flexibility index (Phi) is 5.03. The van der Waals surface area contributed by atoms with Crippen LogP contribution in [0.1, 0.15) is 13.3 Å². The van der Waals surface area contributed by atoms with Gasteiger partial charge in [0, 0.05) is 11.9 Å². The standard InChI is InChI=1S/C7H12ClNO/c1-3-6(5-8)9-7(10)4-2/h4,6H,2-3,5H2,1H3,(H,9,10). The molecule has 0 spiro atoms. The zero-order valence-corrected chi connectivity index (χ0v) is 6.82. The number of alkyl halides is 1. The molecule has 0 saturated carbocycles. The first-order valence-electron chi connectivity index (χ1n) is 3.23. The molecule has 1 unspecified atom stereocenters. The third kappa shape index (κ3) is 3.51. The minimum atomic E-state index is -0.160. The monoisotopic (exact) mass is 161 g/mol. The highest BCUT2D eigenvalue weighted by Crippen LogP contribution is 1.93. The lowest BCUT2D eigenvalue weighted by Crippen LogP contribution is -2.34. The van der Waals surface area contributed by atoms with Crippen LogP contribution in [0.25, 0.3) is 0 Å². The van der Waals surface area contributed by atoms with Gasteiger partial charge in [-0.1, -0.05) is 13.5 Å². The zero-order valence-electron chi connectivity index (χ0n) is 6.06. The number of carbonyl (C=O) groups is 1. The van der Waals surface area contributed by atoms with Crippen molar-refractivity contribution in [2.75, 3.05) is 5.88 Å². The minimum Gasteiger partial charge on any atom is -0.349 e. The maximum Gasteiger partial charge on any atom is 0.243 e. The Balaban J connectivity index is 3.62. The van der Waals surface area contributed by atoms with Gasteiger partial charge in [0.2, 0.25) is 5.91 Å². The summed E-state index contributed by atoms with van der Waals surface area (Å²) in [6.07, 6.45) is 2.10. The number of nitrogens with one attached hydrogen (secondary N) is 1. The molecule has 58 valence electrons. The molecule has 0 bridgehead atoms. The molecule has 0 rings (SSSR count). The number of halogens is 1. The predicted molar refractivity (Wildman–Crippen MR) is 43.1 cm³/mol. The lowest BCUT2D eigenvalue weighted by atomic mass is 10.2. The van der Waals surface area contributed by atoms with Crippen molar-refractivity contribution in [3.05, 3.63) is 12.7 Å². The van der Waals surface area contributed by atoms with Gasteiger partial charge >= 0.3 is 0 Å². The van der Waals surface area contributed by atoms with E-state index in [1.54, 1.807) is 0 Å². The molecule has 0 aliphatic rings. The Labute approximate surface area is 66.3 Å². The molecule has 0 aliphatic heterocycles. The lowest BCUT2D eigenvalue weighted by molar-refractivity contribution is -0.117. The fraction of sp³-hybridized carbons (Fsp3) is 0.571. The molecule has 1 atom stereocenters. The van der Waals surface area contributed by atoms with E-state index in [-0.39, 0.29) is 11.9 Å². The van der Waals surface area contributed by atoms with Crippen molar-refractivity contribution in [1.29, 1.82) is 0 Å². The van der Waals surface area contributed by atoms with E-state index in [9.17, 15) is 4.79 Å². The van der Waals surface area contributed by atoms with Crippen molar-refractivity contribution in [3.63, 3.8) is 0 Å². The quantitative estimate of drug-likeness (QED) is 0.489. The highest BCUT2D eigenvalue weighted by atomic mass is 35.5. The Morgan fingerprint density at radius 2 is 2.50 bits per heavy atom. The SMILES string of the molecule is C=CC(=O)NC(CC)CCl. The van der Waals surface area contributed by atoms with Crippen LogP contribution in [0.4, 0.5) is 0 Å². The number of carbonyl (C=O) groups excluding carboxylic acids is 1. The van der Waals surface area contributed by atoms with Crippen molar-refractivity contribution in [3.8, 4) is 0 Å². The van der Waals surface area contributed by atoms with Gasteiger partial charge in [0.1, 0.15) is 0 Å². The summed E-state index contributed by atoms with van der Waals surface area (Å²) in [5.41, 5.74) is 0. The molecule has 10 heavy (non-hydrogen) atoms. The summed E-state index contributed by atoms with van der Waals surface area (Å²) in [7, 11) is 0. The van der Waals surface area contributed by atoms with Crippen LogP contribution in [-0.4, -0.2) is 17.8 Å². The summed E-state index contributed by atoms with van der Waals surface area (Å²) in [5.74, 6) is 0.295. The Bertz CT molecular complexity index is 121. The van der Waals surface area contributed by atoms with Crippen molar-refractivity contribution in [1.82, 2.24) is 5.32 Å². The van der Waals surface area contributed by atoms with Gasteiger partial charge in [-0.3, -0.25) is 4.79 Å². The molecule has 1 amide bonds. The third-order valence-corrected chi connectivity index (χ3v) is 1.58. The lowest BCUT2D eigenvalue weighted by Gasteiger charge is -2.10. The average molecular weight is 162 g/mol. The van der Waals surface area contributed by atoms with E-state index >= 15 is 0 Å². The van der Waals surface area contributed by atoms with E-state index in [1.807, 2.05) is 6.92 Å². The second kappa shape index (κ2) is 5.30. The highest BCUT2D eigenvalue weighted by molar-refractivity contribution is 6.18. The van der Waals surface area contributed by atoms with Crippen molar-refractivity contribution >= 4 is 17.5 Å². The topological polar surface area (TPSA) is 29.1 Å². The van der Waals surface area contributed by atoms with Crippen LogP contribution in [0, 0.1) is 0 Å². The van der Waals surface area contributed by atoms with Gasteiger partial charge in [-0.25, -0.2) is 0 Å². The summed E-state index contributed by atoms with van der Waals surface area (Å²) >= 11 is 5.52. The van der Waals surface area contributed by atoms with Gasteiger partial charge in [0.15, 0.2) is 0 Å². The van der Waals surface area contributed by atoms with E-state index < -0.39 is 0 Å². The fourth-order valence-electron chi connectivity index (χ4n) is 0.510.